The maximum Gasteiger partial charge on any atom is 2.00 e. The molecule has 0 bridgehead atoms. The van der Waals surface area contributed by atoms with E-state index in [2.05, 4.69) is 44.4 Å². The fourth-order valence-corrected chi connectivity index (χ4v) is 4.55. The number of unbranched alkanes of at least 4 members (excludes halogenated alkanes) is 10. The van der Waals surface area contributed by atoms with Crippen LogP contribution in [0.25, 0.3) is 0 Å². The van der Waals surface area contributed by atoms with Crippen molar-refractivity contribution in [2.45, 2.75) is 117 Å². The minimum atomic E-state index is -6.00. The van der Waals surface area contributed by atoms with Crippen molar-refractivity contribution in [2.75, 3.05) is 0 Å². The van der Waals surface area contributed by atoms with E-state index in [1.807, 2.05) is 70.5 Å². The Bertz CT molecular complexity index is 1250. The smallest absolute Gasteiger partial charge is 0.418 e. The average Bonchev–Trinajstić information content (AvgIpc) is 3.69. The topological polar surface area (TPSA) is 87.2 Å². The van der Waals surface area contributed by atoms with E-state index in [0.717, 1.165) is 35.6 Å². The van der Waals surface area contributed by atoms with E-state index in [-0.39, 0.29) is 20.4 Å². The summed E-state index contributed by atoms with van der Waals surface area (Å²) in [5.74, 6) is 0. The number of rotatable bonds is 18. The Morgan fingerprint density at radius 2 is 0.824 bits per heavy atom. The number of aryl methyl sites for hydroxylation is 2. The number of hydrogen-bond acceptors (Lipinski definition) is 6. The molecule has 0 saturated carbocycles. The molecule has 19 heteroatoms. The molecule has 0 spiro atoms. The molecule has 0 fully saturated rings. The van der Waals surface area contributed by atoms with Crippen molar-refractivity contribution < 1.29 is 54.9 Å². The fraction of sp³-hybridized carbons (Fsp3) is 0.562. The van der Waals surface area contributed by atoms with Crippen LogP contribution in [-0.2, 0) is 46.4 Å². The van der Waals surface area contributed by atoms with Crippen LogP contribution in [0.3, 0.4) is 0 Å². The molecule has 4 rings (SSSR count). The first-order valence-corrected chi connectivity index (χ1v) is 17.1. The van der Waals surface area contributed by atoms with Gasteiger partial charge in [-0.05, 0) is 49.9 Å². The average molecular weight is 825 g/mol. The van der Waals surface area contributed by atoms with Gasteiger partial charge < -0.3 is 34.5 Å². The van der Waals surface area contributed by atoms with Gasteiger partial charge >= 0.3 is 34.9 Å². The van der Waals surface area contributed by atoms with Crippen molar-refractivity contribution in [1.82, 2.24) is 40.0 Å². The summed E-state index contributed by atoms with van der Waals surface area (Å²) in [6.45, 7) is 5.90. The number of pyridine rings is 2. The standard InChI is InChI=1S/2C16H24N4.2BF4.Pd/c2*1-2-3-4-5-6-7-11-16-14-20(19-18-16)13-15-10-8-9-12-17-15;2*2-1(3,4)5;/h2*8-10,12,14H,2-7,11,13H2,1H3;;;/q;;2*-1;+2. The summed E-state index contributed by atoms with van der Waals surface area (Å²) in [7, 11) is -12.0. The second kappa shape index (κ2) is 28.4. The third-order valence-corrected chi connectivity index (χ3v) is 6.85. The van der Waals surface area contributed by atoms with Gasteiger partial charge in [-0.15, -0.1) is 10.2 Å². The molecule has 0 radical (unpaired) electrons. The van der Waals surface area contributed by atoms with Crippen molar-refractivity contribution in [1.29, 1.82) is 0 Å². The van der Waals surface area contributed by atoms with Crippen LogP contribution in [0, 0.1) is 0 Å². The minimum absolute atomic E-state index is 0. The Kier molecular flexibility index (Phi) is 26.6. The molecule has 0 aromatic carbocycles. The monoisotopic (exact) mass is 824 g/mol. The van der Waals surface area contributed by atoms with Gasteiger partial charge in [0.2, 0.25) is 0 Å². The maximum atomic E-state index is 9.75. The Morgan fingerprint density at radius 3 is 1.14 bits per heavy atom. The molecule has 0 aliphatic rings. The van der Waals surface area contributed by atoms with Gasteiger partial charge in [0.05, 0.1) is 35.9 Å². The molecule has 51 heavy (non-hydrogen) atoms. The minimum Gasteiger partial charge on any atom is -0.418 e. The summed E-state index contributed by atoms with van der Waals surface area (Å²) < 4.78 is 81.7. The first-order chi connectivity index (χ1) is 23.8. The molecule has 8 nitrogen and oxygen atoms in total. The maximum absolute atomic E-state index is 9.75. The summed E-state index contributed by atoms with van der Waals surface area (Å²) in [4.78, 5) is 8.60. The second-order valence-electron chi connectivity index (χ2n) is 11.5. The van der Waals surface area contributed by atoms with E-state index < -0.39 is 14.5 Å². The summed E-state index contributed by atoms with van der Waals surface area (Å²) in [6, 6.07) is 11.9. The van der Waals surface area contributed by atoms with Crippen LogP contribution < -0.4 is 0 Å². The van der Waals surface area contributed by atoms with Crippen molar-refractivity contribution in [3.05, 3.63) is 84.0 Å². The summed E-state index contributed by atoms with van der Waals surface area (Å²) in [5, 5.41) is 16.8. The zero-order valence-corrected chi connectivity index (χ0v) is 30.7. The normalized spacial score (nSPS) is 10.9. The molecular weight excluding hydrogens is 776 g/mol. The predicted octanol–water partition coefficient (Wildman–Crippen LogP) is 9.85. The zero-order valence-electron chi connectivity index (χ0n) is 29.2. The van der Waals surface area contributed by atoms with Crippen LogP contribution in [0.5, 0.6) is 0 Å². The molecule has 0 aliphatic carbocycles. The van der Waals surface area contributed by atoms with Crippen LogP contribution >= 0.6 is 0 Å². The van der Waals surface area contributed by atoms with Crippen LogP contribution in [0.4, 0.5) is 34.5 Å². The second-order valence-corrected chi connectivity index (χ2v) is 11.5. The third kappa shape index (κ3) is 31.3. The Morgan fingerprint density at radius 1 is 0.490 bits per heavy atom. The van der Waals surface area contributed by atoms with Gasteiger partial charge in [0.15, 0.2) is 0 Å². The van der Waals surface area contributed by atoms with Gasteiger partial charge in [-0.25, -0.2) is 9.36 Å². The molecule has 288 valence electrons. The summed E-state index contributed by atoms with van der Waals surface area (Å²) in [6.07, 6.45) is 25.6. The van der Waals surface area contributed by atoms with Gasteiger partial charge in [0.1, 0.15) is 0 Å². The molecule has 0 amide bonds. The van der Waals surface area contributed by atoms with Crippen LogP contribution in [-0.4, -0.2) is 54.5 Å². The molecule has 0 aliphatic heterocycles. The van der Waals surface area contributed by atoms with Crippen molar-refractivity contribution >= 4 is 14.5 Å². The Labute approximate surface area is 309 Å². The van der Waals surface area contributed by atoms with Gasteiger partial charge in [-0.2, -0.15) is 0 Å². The largest absolute Gasteiger partial charge is 2.00 e. The first kappa shape index (κ1) is 47.8. The number of hydrogen-bond donors (Lipinski definition) is 0. The zero-order chi connectivity index (χ0) is 37.1. The quantitative estimate of drug-likeness (QED) is 0.0565. The number of nitrogens with zero attached hydrogens (tertiary/aromatic N) is 8. The van der Waals surface area contributed by atoms with E-state index >= 15 is 0 Å². The van der Waals surface area contributed by atoms with E-state index in [1.165, 1.54) is 77.0 Å². The van der Waals surface area contributed by atoms with Gasteiger partial charge in [-0.3, -0.25) is 9.97 Å². The van der Waals surface area contributed by atoms with Gasteiger partial charge in [0, 0.05) is 24.8 Å². The molecule has 4 aromatic heterocycles. The molecule has 0 unspecified atom stereocenters. The van der Waals surface area contributed by atoms with Gasteiger partial charge in [0.25, 0.3) is 0 Å². The van der Waals surface area contributed by atoms with Crippen molar-refractivity contribution in [2.24, 2.45) is 0 Å². The SMILES string of the molecule is CCCCCCCCc1cn(Cc2ccccn2)nn1.CCCCCCCCc1cn(Cc2ccccn2)nn1.F[B-](F)(F)F.F[B-](F)(F)F.[Pd+2]. The molecule has 0 saturated heterocycles. The molecule has 0 N–H and O–H groups in total. The number of halogens is 8. The molecule has 4 aromatic rings. The Balaban J connectivity index is 0.000000764. The predicted molar refractivity (Wildman–Crippen MR) is 181 cm³/mol. The summed E-state index contributed by atoms with van der Waals surface area (Å²) >= 11 is 0. The van der Waals surface area contributed by atoms with Gasteiger partial charge in [-0.1, -0.05) is 101 Å². The van der Waals surface area contributed by atoms with Crippen molar-refractivity contribution in [3.8, 4) is 0 Å². The van der Waals surface area contributed by atoms with Crippen LogP contribution in [0.2, 0.25) is 0 Å². The molecule has 4 heterocycles. The van der Waals surface area contributed by atoms with E-state index in [9.17, 15) is 34.5 Å². The van der Waals surface area contributed by atoms with E-state index in [1.54, 1.807) is 0 Å². The fourth-order valence-electron chi connectivity index (χ4n) is 4.55. The van der Waals surface area contributed by atoms with E-state index in [4.69, 9.17) is 0 Å². The van der Waals surface area contributed by atoms with E-state index in [0.29, 0.717) is 13.1 Å². The molecule has 0 atom stereocenters. The number of aromatic nitrogens is 8. The van der Waals surface area contributed by atoms with Crippen molar-refractivity contribution in [3.63, 3.8) is 0 Å². The Hall–Kier alpha value is -3.19. The summed E-state index contributed by atoms with van der Waals surface area (Å²) in [5.41, 5.74) is 4.22. The first-order valence-electron chi connectivity index (χ1n) is 17.1. The molecular formula is C32H48B2F8N8Pd. The van der Waals surface area contributed by atoms with Crippen LogP contribution in [0.1, 0.15) is 114 Å². The van der Waals surface area contributed by atoms with Crippen LogP contribution in [0.15, 0.2) is 61.2 Å². The third-order valence-electron chi connectivity index (χ3n) is 6.85.